The summed E-state index contributed by atoms with van der Waals surface area (Å²) in [6.45, 7) is 7.63. The number of anilines is 1. The number of carbonyl (C=O) groups excluding carboxylic acids is 1. The lowest BCUT2D eigenvalue weighted by Crippen LogP contribution is -2.48. The van der Waals surface area contributed by atoms with Crippen LogP contribution in [-0.4, -0.2) is 53.4 Å². The molecule has 1 fully saturated rings. The van der Waals surface area contributed by atoms with E-state index < -0.39 is 0 Å². The number of rotatable bonds is 5. The van der Waals surface area contributed by atoms with E-state index in [1.807, 2.05) is 65.9 Å². The van der Waals surface area contributed by atoms with Gasteiger partial charge in [-0.2, -0.15) is 5.10 Å². The second-order valence-corrected chi connectivity index (χ2v) is 9.48. The zero-order valence-electron chi connectivity index (χ0n) is 18.6. The topological polar surface area (TPSA) is 50.6 Å². The zero-order valence-corrected chi connectivity index (χ0v) is 20.2. The fourth-order valence-corrected chi connectivity index (χ4v) is 5.43. The van der Waals surface area contributed by atoms with Gasteiger partial charge in [0.25, 0.3) is 5.91 Å². The maximum Gasteiger partial charge on any atom is 0.264 e. The Kier molecular flexibility index (Phi) is 6.00. The molecule has 0 aliphatic carbocycles. The number of thiophene rings is 1. The predicted molar refractivity (Wildman–Crippen MR) is 134 cm³/mol. The molecule has 6 nitrogen and oxygen atoms in total. The van der Waals surface area contributed by atoms with E-state index in [0.29, 0.717) is 24.7 Å². The van der Waals surface area contributed by atoms with Crippen LogP contribution < -0.4 is 9.64 Å². The van der Waals surface area contributed by atoms with Crippen LogP contribution in [-0.2, 0) is 0 Å². The Morgan fingerprint density at radius 1 is 1.03 bits per heavy atom. The molecule has 0 bridgehead atoms. The SMILES string of the molecule is CCOc1ccc(N2CCN(C(=O)c3cc4c(C)nn(-c5ccc(Cl)cc5)c4s3)CC2)cc1. The predicted octanol–water partition coefficient (Wildman–Crippen LogP) is 5.41. The van der Waals surface area contributed by atoms with Crippen molar-refractivity contribution in [3.05, 3.63) is 70.2 Å². The Bertz CT molecular complexity index is 1270. The third kappa shape index (κ3) is 4.30. The molecule has 0 atom stereocenters. The van der Waals surface area contributed by atoms with Gasteiger partial charge in [-0.15, -0.1) is 11.3 Å². The Morgan fingerprint density at radius 2 is 1.70 bits per heavy atom. The van der Waals surface area contributed by atoms with Crippen LogP contribution in [0, 0.1) is 6.92 Å². The summed E-state index contributed by atoms with van der Waals surface area (Å²) in [6.07, 6.45) is 0. The molecule has 1 amide bonds. The molecule has 8 heteroatoms. The van der Waals surface area contributed by atoms with Crippen LogP contribution in [0.5, 0.6) is 5.75 Å². The number of nitrogens with zero attached hydrogens (tertiary/aromatic N) is 4. The molecular formula is C25H25ClN4O2S. The summed E-state index contributed by atoms with van der Waals surface area (Å²) in [5.74, 6) is 0.969. The number of aryl methyl sites for hydroxylation is 1. The van der Waals surface area contributed by atoms with Crippen LogP contribution in [0.3, 0.4) is 0 Å². The average molecular weight is 481 g/mol. The summed E-state index contributed by atoms with van der Waals surface area (Å²) < 4.78 is 7.43. The van der Waals surface area contributed by atoms with E-state index in [1.165, 1.54) is 11.3 Å². The van der Waals surface area contributed by atoms with Gasteiger partial charge < -0.3 is 14.5 Å². The van der Waals surface area contributed by atoms with Gasteiger partial charge in [0, 0.05) is 42.3 Å². The number of halogens is 1. The largest absolute Gasteiger partial charge is 0.494 e. The monoisotopic (exact) mass is 480 g/mol. The van der Waals surface area contributed by atoms with Gasteiger partial charge in [0.15, 0.2) is 0 Å². The molecule has 1 saturated heterocycles. The van der Waals surface area contributed by atoms with Gasteiger partial charge in [-0.25, -0.2) is 4.68 Å². The van der Waals surface area contributed by atoms with Gasteiger partial charge in [-0.05, 0) is 68.4 Å². The lowest BCUT2D eigenvalue weighted by Gasteiger charge is -2.36. The molecule has 1 aliphatic rings. The Hall–Kier alpha value is -3.03. The first-order valence-electron chi connectivity index (χ1n) is 11.1. The molecule has 33 heavy (non-hydrogen) atoms. The second kappa shape index (κ2) is 9.08. The normalized spacial score (nSPS) is 14.2. The van der Waals surface area contributed by atoms with Gasteiger partial charge in [0.05, 0.1) is 22.9 Å². The molecule has 0 unspecified atom stereocenters. The molecule has 5 rings (SSSR count). The molecule has 0 saturated carbocycles. The molecule has 2 aromatic carbocycles. The highest BCUT2D eigenvalue weighted by atomic mass is 35.5. The number of hydrogen-bond donors (Lipinski definition) is 0. The zero-order chi connectivity index (χ0) is 22.9. The highest BCUT2D eigenvalue weighted by Gasteiger charge is 2.25. The van der Waals surface area contributed by atoms with Crippen LogP contribution in [0.4, 0.5) is 5.69 Å². The maximum atomic E-state index is 13.3. The minimum absolute atomic E-state index is 0.0876. The molecule has 0 N–H and O–H groups in total. The van der Waals surface area contributed by atoms with E-state index in [1.54, 1.807) is 0 Å². The van der Waals surface area contributed by atoms with E-state index >= 15 is 0 Å². The quantitative estimate of drug-likeness (QED) is 0.383. The summed E-state index contributed by atoms with van der Waals surface area (Å²) in [6, 6.07) is 17.7. The van der Waals surface area contributed by atoms with Crippen LogP contribution >= 0.6 is 22.9 Å². The number of benzene rings is 2. The fraction of sp³-hybridized carbons (Fsp3) is 0.280. The highest BCUT2D eigenvalue weighted by molar-refractivity contribution is 7.20. The van der Waals surface area contributed by atoms with Crippen molar-refractivity contribution >= 4 is 44.7 Å². The van der Waals surface area contributed by atoms with E-state index in [0.717, 1.165) is 51.0 Å². The molecule has 3 heterocycles. The number of carbonyl (C=O) groups is 1. The smallest absolute Gasteiger partial charge is 0.264 e. The molecule has 170 valence electrons. The molecule has 0 spiro atoms. The van der Waals surface area contributed by atoms with Gasteiger partial charge in [-0.3, -0.25) is 4.79 Å². The molecule has 2 aromatic heterocycles. The number of aromatic nitrogens is 2. The van der Waals surface area contributed by atoms with Crippen molar-refractivity contribution in [1.29, 1.82) is 0 Å². The molecule has 0 radical (unpaired) electrons. The van der Waals surface area contributed by atoms with Crippen molar-refractivity contribution in [2.24, 2.45) is 0 Å². The minimum Gasteiger partial charge on any atom is -0.494 e. The third-order valence-corrected chi connectivity index (χ3v) is 7.26. The van der Waals surface area contributed by atoms with Crippen molar-refractivity contribution in [2.75, 3.05) is 37.7 Å². The number of amides is 1. The van der Waals surface area contributed by atoms with Crippen LogP contribution in [0.15, 0.2) is 54.6 Å². The summed E-state index contributed by atoms with van der Waals surface area (Å²) in [5, 5.41) is 6.37. The summed E-state index contributed by atoms with van der Waals surface area (Å²) in [7, 11) is 0. The van der Waals surface area contributed by atoms with Gasteiger partial charge in [0.2, 0.25) is 0 Å². The number of hydrogen-bond acceptors (Lipinski definition) is 5. The van der Waals surface area contributed by atoms with Crippen molar-refractivity contribution < 1.29 is 9.53 Å². The molecular weight excluding hydrogens is 456 g/mol. The lowest BCUT2D eigenvalue weighted by molar-refractivity contribution is 0.0751. The Balaban J connectivity index is 1.30. The van der Waals surface area contributed by atoms with E-state index in [4.69, 9.17) is 16.3 Å². The minimum atomic E-state index is 0.0876. The standard InChI is InChI=1S/C25H25ClN4O2S/c1-3-32-21-10-8-19(9-11-21)28-12-14-29(15-13-28)24(31)23-16-22-17(2)27-30(25(22)33-23)20-6-4-18(26)5-7-20/h4-11,16H,3,12-15H2,1-2H3. The van der Waals surface area contributed by atoms with E-state index in [-0.39, 0.29) is 5.91 Å². The molecule has 1 aliphatic heterocycles. The van der Waals surface area contributed by atoms with Gasteiger partial charge >= 0.3 is 0 Å². The van der Waals surface area contributed by atoms with Crippen LogP contribution in [0.1, 0.15) is 22.3 Å². The van der Waals surface area contributed by atoms with E-state index in [9.17, 15) is 4.79 Å². The second-order valence-electron chi connectivity index (χ2n) is 8.01. The van der Waals surface area contributed by atoms with Gasteiger partial charge in [-0.1, -0.05) is 11.6 Å². The average Bonchev–Trinajstić information content (AvgIpc) is 3.41. The summed E-state index contributed by atoms with van der Waals surface area (Å²) in [4.78, 5) is 19.3. The van der Waals surface area contributed by atoms with Gasteiger partial charge in [0.1, 0.15) is 10.6 Å². The van der Waals surface area contributed by atoms with E-state index in [2.05, 4.69) is 22.1 Å². The van der Waals surface area contributed by atoms with Crippen molar-refractivity contribution in [1.82, 2.24) is 14.7 Å². The van der Waals surface area contributed by atoms with Crippen LogP contribution in [0.25, 0.3) is 15.9 Å². The number of piperazine rings is 1. The van der Waals surface area contributed by atoms with Crippen molar-refractivity contribution in [3.8, 4) is 11.4 Å². The Morgan fingerprint density at radius 3 is 2.36 bits per heavy atom. The first-order valence-corrected chi connectivity index (χ1v) is 12.2. The van der Waals surface area contributed by atoms with Crippen molar-refractivity contribution in [2.45, 2.75) is 13.8 Å². The first kappa shape index (κ1) is 21.8. The number of ether oxygens (including phenoxy) is 1. The third-order valence-electron chi connectivity index (χ3n) is 5.91. The summed E-state index contributed by atoms with van der Waals surface area (Å²) in [5.41, 5.74) is 3.00. The van der Waals surface area contributed by atoms with Crippen LogP contribution in [0.2, 0.25) is 5.02 Å². The summed E-state index contributed by atoms with van der Waals surface area (Å²) >= 11 is 7.53. The Labute approximate surface area is 201 Å². The lowest BCUT2D eigenvalue weighted by atomic mass is 10.2. The molecule has 4 aromatic rings. The van der Waals surface area contributed by atoms with Crippen molar-refractivity contribution in [3.63, 3.8) is 0 Å². The number of fused-ring (bicyclic) bond motifs is 1. The first-order chi connectivity index (χ1) is 16.0. The highest BCUT2D eigenvalue weighted by Crippen LogP contribution is 2.32. The maximum absolute atomic E-state index is 13.3. The fourth-order valence-electron chi connectivity index (χ4n) is 4.15.